The van der Waals surface area contributed by atoms with Crippen molar-refractivity contribution in [3.05, 3.63) is 68.7 Å². The van der Waals surface area contributed by atoms with Gasteiger partial charge in [0.2, 0.25) is 5.91 Å². The molecule has 0 bridgehead atoms. The second-order valence-electron chi connectivity index (χ2n) is 12.4. The minimum Gasteiger partial charge on any atom is -0.477 e. The first-order valence-electron chi connectivity index (χ1n) is 15.7. The Morgan fingerprint density at radius 1 is 1.27 bits per heavy atom. The molecule has 4 N–H and O–H groups in total. The number of carbonyl (C=O) groups is 3. The summed E-state index contributed by atoms with van der Waals surface area (Å²) >= 11 is 8.58. The molecule has 2 atom stereocenters. The maximum Gasteiger partial charge on any atom is 0.352 e. The molecule has 1 aromatic carbocycles. The molecule has 3 aliphatic heterocycles. The van der Waals surface area contributed by atoms with Gasteiger partial charge in [-0.1, -0.05) is 40.2 Å². The molecule has 1 saturated carbocycles. The van der Waals surface area contributed by atoms with Crippen LogP contribution >= 0.6 is 34.7 Å². The number of nitrogens with zero attached hydrogens (tertiary/aromatic N) is 6. The number of carboxylic acid groups (broad SMARTS) is 1. The van der Waals surface area contributed by atoms with Gasteiger partial charge in [-0.05, 0) is 36.8 Å². The fourth-order valence-electron chi connectivity index (χ4n) is 6.60. The van der Waals surface area contributed by atoms with E-state index in [9.17, 15) is 19.5 Å². The highest BCUT2D eigenvalue weighted by atomic mass is 35.5. The molecule has 0 unspecified atom stereocenters. The Balaban J connectivity index is 1.04. The second kappa shape index (κ2) is 13.2. The van der Waals surface area contributed by atoms with Crippen molar-refractivity contribution in [1.29, 1.82) is 5.41 Å². The number of hydrogen-bond acceptors (Lipinski definition) is 11. The lowest BCUT2D eigenvalue weighted by atomic mass is 9.89. The number of anilines is 2. The average molecular weight is 728 g/mol. The number of thiazole rings is 1. The Hall–Kier alpha value is -4.28. The lowest BCUT2D eigenvalue weighted by Crippen LogP contribution is -2.62. The van der Waals surface area contributed by atoms with Crippen molar-refractivity contribution in [2.75, 3.05) is 30.0 Å². The molecule has 1 amide bonds. The lowest BCUT2D eigenvalue weighted by Gasteiger charge is -2.49. The Morgan fingerprint density at radius 2 is 2.06 bits per heavy atom. The van der Waals surface area contributed by atoms with Crippen molar-refractivity contribution >= 4 is 74.7 Å². The van der Waals surface area contributed by atoms with E-state index in [4.69, 9.17) is 27.6 Å². The molecule has 7 rings (SSSR count). The Labute approximate surface area is 293 Å². The largest absolute Gasteiger partial charge is 0.477 e. The number of aromatic nitrogens is 3. The van der Waals surface area contributed by atoms with Crippen LogP contribution in [0.4, 0.5) is 15.3 Å². The van der Waals surface area contributed by atoms with Crippen LogP contribution in [0.25, 0.3) is 0 Å². The quantitative estimate of drug-likeness (QED) is 0.103. The summed E-state index contributed by atoms with van der Waals surface area (Å²) in [7, 11) is 1.27. The Bertz CT molecular complexity index is 1960. The van der Waals surface area contributed by atoms with Crippen LogP contribution in [-0.4, -0.2) is 73.5 Å². The molecule has 5 heterocycles. The van der Waals surface area contributed by atoms with Gasteiger partial charge in [0.1, 0.15) is 28.7 Å². The number of nitrogens with two attached hydrogens (primary N) is 1. The predicted octanol–water partition coefficient (Wildman–Crippen LogP) is 3.67. The van der Waals surface area contributed by atoms with Crippen LogP contribution in [0.3, 0.4) is 0 Å². The van der Waals surface area contributed by atoms with Crippen LogP contribution in [0.1, 0.15) is 42.5 Å². The van der Waals surface area contributed by atoms with E-state index in [-0.39, 0.29) is 45.4 Å². The van der Waals surface area contributed by atoms with E-state index < -0.39 is 29.0 Å². The lowest BCUT2D eigenvalue weighted by molar-refractivity contribution is -0.766. The SMILES string of the molecule is CO/N=C(\C(=O)C[C@@H]1C(=O)N2C(C(=O)O)=C(C[n+]3ccc4n3CCN4Cc3ccc(C(=N)CC4CC4)cc3F)CS[C@H]12)c1nc(N)sc1Cl. The summed E-state index contributed by atoms with van der Waals surface area (Å²) in [5.41, 5.74) is 7.78. The van der Waals surface area contributed by atoms with E-state index in [0.29, 0.717) is 60.1 Å². The van der Waals surface area contributed by atoms with E-state index in [0.717, 1.165) is 30.0 Å². The van der Waals surface area contributed by atoms with E-state index in [2.05, 4.69) is 15.0 Å². The van der Waals surface area contributed by atoms with E-state index >= 15 is 4.39 Å². The van der Waals surface area contributed by atoms with E-state index in [1.54, 1.807) is 6.07 Å². The highest BCUT2D eigenvalue weighted by Crippen LogP contribution is 2.45. The summed E-state index contributed by atoms with van der Waals surface area (Å²) in [4.78, 5) is 51.4. The molecule has 1 saturated heterocycles. The number of rotatable bonds is 13. The van der Waals surface area contributed by atoms with Crippen molar-refractivity contribution in [3.8, 4) is 0 Å². The topological polar surface area (TPSA) is 171 Å². The molecule has 1 aliphatic carbocycles. The predicted molar refractivity (Wildman–Crippen MR) is 182 cm³/mol. The summed E-state index contributed by atoms with van der Waals surface area (Å²) in [5.74, 6) is -1.52. The van der Waals surface area contributed by atoms with Crippen LogP contribution in [0.2, 0.25) is 4.34 Å². The number of carbonyl (C=O) groups excluding carboxylic acids is 2. The molecule has 49 heavy (non-hydrogen) atoms. The van der Waals surface area contributed by atoms with Gasteiger partial charge < -0.3 is 26.0 Å². The zero-order valence-corrected chi connectivity index (χ0v) is 28.8. The number of nitrogen functional groups attached to an aromatic ring is 1. The number of oxime groups is 1. The Morgan fingerprint density at radius 3 is 2.73 bits per heavy atom. The number of β-lactam (4-membered cyclic amide) rings is 1. The first-order valence-corrected chi connectivity index (χ1v) is 17.9. The fraction of sp³-hybridized carbons (Fsp3) is 0.406. The van der Waals surface area contributed by atoms with Gasteiger partial charge in [-0.2, -0.15) is 0 Å². The number of ketones is 1. The normalized spacial score (nSPS) is 20.3. The number of hydrogen-bond donors (Lipinski definition) is 3. The number of carboxylic acids is 1. The van der Waals surface area contributed by atoms with Gasteiger partial charge >= 0.3 is 5.97 Å². The molecule has 256 valence electrons. The van der Waals surface area contributed by atoms with E-state index in [1.807, 2.05) is 27.7 Å². The van der Waals surface area contributed by atoms with Crippen LogP contribution < -0.4 is 15.3 Å². The number of aliphatic carboxylic acids is 1. The first kappa shape index (κ1) is 33.2. The molecule has 0 radical (unpaired) electrons. The third-order valence-corrected chi connectivity index (χ3v) is 11.7. The van der Waals surface area contributed by atoms with Crippen LogP contribution in [0, 0.1) is 23.1 Å². The van der Waals surface area contributed by atoms with Gasteiger partial charge in [-0.3, -0.25) is 14.5 Å². The summed E-state index contributed by atoms with van der Waals surface area (Å²) in [5, 5.41) is 21.9. The van der Waals surface area contributed by atoms with Crippen molar-refractivity contribution in [2.24, 2.45) is 17.0 Å². The standard InChI is InChI=1S/C32H32ClFN8O5S2/c1-47-38-25(26-28(33)49-32(36)37-26)23(43)12-20-29(44)42-27(31(45)46)19(15-48-30(20)42)14-40-7-6-24-39(8-9-41(24)40)13-18-5-4-17(11-21(18)34)22(35)10-16-2-3-16/h4-7,11,16,20,30,35H,2-3,8-10,12-15H2,1H3,(H2-,36,37,45,46)/p+1/b35-22?,38-25+/t20-,30-/m1/s1. The maximum atomic E-state index is 15.1. The van der Waals surface area contributed by atoms with Crippen LogP contribution in [0.15, 0.2) is 46.9 Å². The van der Waals surface area contributed by atoms with Crippen LogP contribution in [0.5, 0.6) is 0 Å². The number of benzene rings is 1. The number of nitrogens with one attached hydrogen (secondary N) is 1. The zero-order valence-electron chi connectivity index (χ0n) is 26.4. The summed E-state index contributed by atoms with van der Waals surface area (Å²) < 4.78 is 19.2. The minimum absolute atomic E-state index is 0.0724. The number of Topliss-reactive ketones (excluding diaryl/α,β-unsaturated/α-hetero) is 1. The fourth-order valence-corrected chi connectivity index (χ4v) is 8.93. The Kier molecular flexibility index (Phi) is 8.96. The molecule has 17 heteroatoms. The molecular weight excluding hydrogens is 695 g/mol. The highest BCUT2D eigenvalue weighted by Gasteiger charge is 2.54. The summed E-state index contributed by atoms with van der Waals surface area (Å²) in [6, 6.07) is 6.95. The van der Waals surface area contributed by atoms with Gasteiger partial charge in [-0.15, -0.1) is 21.1 Å². The number of thioether (sulfide) groups is 1. The molecule has 3 aromatic rings. The van der Waals surface area contributed by atoms with Crippen molar-refractivity contribution in [3.63, 3.8) is 0 Å². The van der Waals surface area contributed by atoms with Gasteiger partial charge in [-0.25, -0.2) is 14.2 Å². The smallest absolute Gasteiger partial charge is 0.352 e. The van der Waals surface area contributed by atoms with Gasteiger partial charge in [0, 0.05) is 42.1 Å². The molecule has 4 aliphatic rings. The van der Waals surface area contributed by atoms with Crippen molar-refractivity contribution in [2.45, 2.75) is 50.7 Å². The molecule has 2 fully saturated rings. The van der Waals surface area contributed by atoms with Gasteiger partial charge in [0.15, 0.2) is 35.2 Å². The average Bonchev–Trinajstić information content (AvgIpc) is 3.50. The minimum atomic E-state index is -1.22. The molecule has 2 aromatic heterocycles. The number of amides is 1. The summed E-state index contributed by atoms with van der Waals surface area (Å²) in [6.07, 6.45) is 4.59. The third kappa shape index (κ3) is 6.32. The highest BCUT2D eigenvalue weighted by molar-refractivity contribution is 8.00. The van der Waals surface area contributed by atoms with Crippen molar-refractivity contribution < 1.29 is 33.4 Å². The van der Waals surface area contributed by atoms with Gasteiger partial charge in [0.05, 0.1) is 23.9 Å². The summed E-state index contributed by atoms with van der Waals surface area (Å²) in [6.45, 7) is 1.85. The monoisotopic (exact) mass is 727 g/mol. The maximum absolute atomic E-state index is 15.1. The molecule has 13 nitrogen and oxygen atoms in total. The second-order valence-corrected chi connectivity index (χ2v) is 15.2. The van der Waals surface area contributed by atoms with Gasteiger partial charge in [0.25, 0.3) is 0 Å². The van der Waals surface area contributed by atoms with E-state index in [1.165, 1.54) is 29.8 Å². The number of halogens is 2. The van der Waals surface area contributed by atoms with Crippen LogP contribution in [-0.2, 0) is 38.9 Å². The zero-order chi connectivity index (χ0) is 34.6. The first-order chi connectivity index (χ1) is 23.5. The molecular formula is C32H33ClFN8O5S2+. The molecule has 0 spiro atoms. The third-order valence-electron chi connectivity index (χ3n) is 9.22. The number of fused-ring (bicyclic) bond motifs is 2. The van der Waals surface area contributed by atoms with Crippen molar-refractivity contribution in [1.82, 2.24) is 14.6 Å².